The Balaban J connectivity index is 2.27. The molecular weight excluding hydrogens is 204 g/mol. The first-order valence-electron chi connectivity index (χ1n) is 4.98. The highest BCUT2D eigenvalue weighted by Gasteiger charge is 2.31. The van der Waals surface area contributed by atoms with Gasteiger partial charge < -0.3 is 9.84 Å². The lowest BCUT2D eigenvalue weighted by molar-refractivity contribution is 0.0189. The van der Waals surface area contributed by atoms with Gasteiger partial charge in [-0.25, -0.2) is 8.42 Å². The Morgan fingerprint density at radius 1 is 1.50 bits per heavy atom. The van der Waals surface area contributed by atoms with Crippen molar-refractivity contribution in [2.75, 3.05) is 24.7 Å². The molecule has 0 aromatic rings. The van der Waals surface area contributed by atoms with Crippen molar-refractivity contribution in [2.45, 2.75) is 31.8 Å². The Bertz CT molecular complexity index is 265. The van der Waals surface area contributed by atoms with Crippen LogP contribution in [-0.4, -0.2) is 43.8 Å². The van der Waals surface area contributed by atoms with Crippen LogP contribution in [0.1, 0.15) is 26.2 Å². The van der Waals surface area contributed by atoms with Crippen LogP contribution in [0, 0.1) is 0 Å². The predicted octanol–water partition coefficient (Wildman–Crippen LogP) is 0.353. The van der Waals surface area contributed by atoms with E-state index in [1.165, 1.54) is 0 Å². The molecule has 1 rings (SSSR count). The Labute approximate surface area is 85.2 Å². The average Bonchev–Trinajstić information content (AvgIpc) is 2.52. The molecule has 1 aliphatic rings. The van der Waals surface area contributed by atoms with Crippen molar-refractivity contribution in [1.82, 2.24) is 0 Å². The summed E-state index contributed by atoms with van der Waals surface area (Å²) in [5.74, 6) is 0.355. The monoisotopic (exact) mass is 222 g/mol. The summed E-state index contributed by atoms with van der Waals surface area (Å²) in [4.78, 5) is 0. The number of hydrogen-bond donors (Lipinski definition) is 1. The van der Waals surface area contributed by atoms with Crippen LogP contribution in [0.2, 0.25) is 0 Å². The zero-order valence-corrected chi connectivity index (χ0v) is 9.35. The molecule has 84 valence electrons. The van der Waals surface area contributed by atoms with Crippen LogP contribution in [0.15, 0.2) is 0 Å². The van der Waals surface area contributed by atoms with E-state index in [-0.39, 0.29) is 11.5 Å². The minimum atomic E-state index is -2.89. The molecule has 0 aromatic carbocycles. The minimum Gasteiger partial charge on any atom is -0.387 e. The summed E-state index contributed by atoms with van der Waals surface area (Å²) in [5.41, 5.74) is -0.775. The van der Waals surface area contributed by atoms with Gasteiger partial charge in [0.25, 0.3) is 0 Å². The first-order valence-corrected chi connectivity index (χ1v) is 6.80. The maximum atomic E-state index is 11.2. The lowest BCUT2D eigenvalue weighted by atomic mass is 9.98. The van der Waals surface area contributed by atoms with Crippen molar-refractivity contribution in [1.29, 1.82) is 0 Å². The molecule has 1 unspecified atom stereocenters. The average molecular weight is 222 g/mol. The van der Waals surface area contributed by atoms with Crippen molar-refractivity contribution in [3.8, 4) is 0 Å². The topological polar surface area (TPSA) is 63.6 Å². The van der Waals surface area contributed by atoms with Gasteiger partial charge in [-0.3, -0.25) is 0 Å². The lowest BCUT2D eigenvalue weighted by Gasteiger charge is -2.19. The summed E-state index contributed by atoms with van der Waals surface area (Å²) in [6, 6.07) is 0. The van der Waals surface area contributed by atoms with Crippen LogP contribution in [0.4, 0.5) is 0 Å². The van der Waals surface area contributed by atoms with Crippen LogP contribution in [-0.2, 0) is 14.6 Å². The van der Waals surface area contributed by atoms with E-state index in [2.05, 4.69) is 0 Å². The zero-order chi connectivity index (χ0) is 10.7. The van der Waals surface area contributed by atoms with Crippen molar-refractivity contribution in [3.63, 3.8) is 0 Å². The number of aliphatic hydroxyl groups is 1. The summed E-state index contributed by atoms with van der Waals surface area (Å²) >= 11 is 0. The maximum absolute atomic E-state index is 11.2. The summed E-state index contributed by atoms with van der Waals surface area (Å²) in [6.45, 7) is 2.57. The molecule has 0 spiro atoms. The van der Waals surface area contributed by atoms with Gasteiger partial charge in [0, 0.05) is 18.8 Å². The van der Waals surface area contributed by atoms with Gasteiger partial charge >= 0.3 is 0 Å². The van der Waals surface area contributed by atoms with Gasteiger partial charge in [-0.1, -0.05) is 6.92 Å². The smallest absolute Gasteiger partial charge is 0.150 e. The van der Waals surface area contributed by atoms with Gasteiger partial charge in [0.2, 0.25) is 0 Å². The molecule has 0 saturated carbocycles. The van der Waals surface area contributed by atoms with Crippen molar-refractivity contribution < 1.29 is 18.3 Å². The lowest BCUT2D eigenvalue weighted by Crippen LogP contribution is -2.29. The first-order chi connectivity index (χ1) is 6.47. The second kappa shape index (κ2) is 4.59. The molecule has 0 aliphatic carbocycles. The highest BCUT2D eigenvalue weighted by atomic mass is 32.2. The number of ether oxygens (including phenoxy) is 1. The highest BCUT2D eigenvalue weighted by Crippen LogP contribution is 2.23. The number of sulfone groups is 1. The molecule has 0 amide bonds. The first kappa shape index (κ1) is 11.9. The zero-order valence-electron chi connectivity index (χ0n) is 8.53. The van der Waals surface area contributed by atoms with Crippen molar-refractivity contribution in [3.05, 3.63) is 0 Å². The fourth-order valence-corrected chi connectivity index (χ4v) is 2.43. The summed E-state index contributed by atoms with van der Waals surface area (Å²) in [6.07, 6.45) is 1.67. The quantitative estimate of drug-likeness (QED) is 0.729. The third-order valence-electron chi connectivity index (χ3n) is 2.62. The van der Waals surface area contributed by atoms with E-state index >= 15 is 0 Å². The summed E-state index contributed by atoms with van der Waals surface area (Å²) in [5, 5.41) is 9.84. The molecule has 1 heterocycles. The standard InChI is InChI=1S/C9H18O4S/c1-2-14(11,12)7-3-4-9(10)5-6-13-8-9/h10H,2-8H2,1H3. The fourth-order valence-electron chi connectivity index (χ4n) is 1.56. The van der Waals surface area contributed by atoms with E-state index in [1.807, 2.05) is 0 Å². The Morgan fingerprint density at radius 2 is 2.21 bits per heavy atom. The largest absolute Gasteiger partial charge is 0.387 e. The van der Waals surface area contributed by atoms with Crippen LogP contribution < -0.4 is 0 Å². The van der Waals surface area contributed by atoms with Gasteiger partial charge in [0.1, 0.15) is 9.84 Å². The number of rotatable bonds is 5. The van der Waals surface area contributed by atoms with E-state index < -0.39 is 15.4 Å². The molecule has 1 aliphatic heterocycles. The fraction of sp³-hybridized carbons (Fsp3) is 1.00. The maximum Gasteiger partial charge on any atom is 0.150 e. The molecule has 1 saturated heterocycles. The molecular formula is C9H18O4S. The number of hydrogen-bond acceptors (Lipinski definition) is 4. The molecule has 0 bridgehead atoms. The third-order valence-corrected chi connectivity index (χ3v) is 4.41. The van der Waals surface area contributed by atoms with Crippen molar-refractivity contribution in [2.24, 2.45) is 0 Å². The molecule has 0 aromatic heterocycles. The third kappa shape index (κ3) is 3.55. The predicted molar refractivity (Wildman–Crippen MR) is 53.9 cm³/mol. The van der Waals surface area contributed by atoms with E-state index in [0.717, 1.165) is 0 Å². The highest BCUT2D eigenvalue weighted by molar-refractivity contribution is 7.91. The van der Waals surface area contributed by atoms with Gasteiger partial charge in [-0.05, 0) is 12.8 Å². The Morgan fingerprint density at radius 3 is 2.71 bits per heavy atom. The minimum absolute atomic E-state index is 0.172. The summed E-state index contributed by atoms with van der Waals surface area (Å²) < 4.78 is 27.4. The van der Waals surface area contributed by atoms with Gasteiger partial charge in [-0.15, -0.1) is 0 Å². The second-order valence-corrected chi connectivity index (χ2v) is 6.34. The molecule has 5 heteroatoms. The molecule has 1 N–H and O–H groups in total. The molecule has 4 nitrogen and oxygen atoms in total. The molecule has 0 radical (unpaired) electrons. The van der Waals surface area contributed by atoms with Crippen LogP contribution in [0.25, 0.3) is 0 Å². The molecule has 1 atom stereocenters. The normalized spacial score (nSPS) is 28.1. The van der Waals surface area contributed by atoms with E-state index in [4.69, 9.17) is 4.74 Å². The second-order valence-electron chi connectivity index (χ2n) is 3.87. The van der Waals surface area contributed by atoms with Gasteiger partial charge in [0.05, 0.1) is 18.0 Å². The molecule has 1 fully saturated rings. The van der Waals surface area contributed by atoms with Crippen molar-refractivity contribution >= 4 is 9.84 Å². The van der Waals surface area contributed by atoms with E-state index in [0.29, 0.717) is 32.5 Å². The van der Waals surface area contributed by atoms with Gasteiger partial charge in [0.15, 0.2) is 0 Å². The van der Waals surface area contributed by atoms with Crippen LogP contribution in [0.3, 0.4) is 0 Å². The summed E-state index contributed by atoms with van der Waals surface area (Å²) in [7, 11) is -2.89. The van der Waals surface area contributed by atoms with Crippen LogP contribution >= 0.6 is 0 Å². The molecule has 14 heavy (non-hydrogen) atoms. The van der Waals surface area contributed by atoms with Crippen LogP contribution in [0.5, 0.6) is 0 Å². The van der Waals surface area contributed by atoms with E-state index in [1.54, 1.807) is 6.92 Å². The van der Waals surface area contributed by atoms with Gasteiger partial charge in [-0.2, -0.15) is 0 Å². The SMILES string of the molecule is CCS(=O)(=O)CCCC1(O)CCOC1. The Kier molecular flexibility index (Phi) is 3.92. The Hall–Kier alpha value is -0.130. The van der Waals surface area contributed by atoms with E-state index in [9.17, 15) is 13.5 Å².